The van der Waals surface area contributed by atoms with Crippen molar-refractivity contribution in [1.29, 1.82) is 0 Å². The predicted molar refractivity (Wildman–Crippen MR) is 104 cm³/mol. The van der Waals surface area contributed by atoms with Gasteiger partial charge in [-0.3, -0.25) is 9.59 Å². The Kier molecular flexibility index (Phi) is 5.06. The molecule has 146 valence electrons. The molecule has 1 saturated heterocycles. The molecule has 0 radical (unpaired) electrons. The summed E-state index contributed by atoms with van der Waals surface area (Å²) in [5.74, 6) is 2.77. The van der Waals surface area contributed by atoms with Crippen LogP contribution < -0.4 is 5.32 Å². The molecule has 2 amide bonds. The molecule has 1 aromatic rings. The van der Waals surface area contributed by atoms with Crippen molar-refractivity contribution in [2.24, 2.45) is 23.7 Å². The Morgan fingerprint density at radius 3 is 2.63 bits per heavy atom. The van der Waals surface area contributed by atoms with Crippen LogP contribution in [0.25, 0.3) is 0 Å². The number of anilines is 1. The second kappa shape index (κ2) is 7.49. The van der Waals surface area contributed by atoms with Crippen LogP contribution in [0.2, 0.25) is 0 Å². The van der Waals surface area contributed by atoms with Crippen molar-refractivity contribution in [3.8, 4) is 0 Å². The molecular formula is C21H30N4O2. The van der Waals surface area contributed by atoms with Crippen molar-refractivity contribution in [3.63, 3.8) is 0 Å². The smallest absolute Gasteiger partial charge is 0.226 e. The van der Waals surface area contributed by atoms with Crippen LogP contribution in [0.15, 0.2) is 24.4 Å². The maximum atomic E-state index is 12.9. The lowest BCUT2D eigenvalue weighted by Crippen LogP contribution is -2.43. The van der Waals surface area contributed by atoms with Gasteiger partial charge in [0.1, 0.15) is 5.82 Å². The molecule has 0 spiro atoms. The molecule has 27 heavy (non-hydrogen) atoms. The van der Waals surface area contributed by atoms with E-state index < -0.39 is 0 Å². The van der Waals surface area contributed by atoms with Gasteiger partial charge in [-0.2, -0.15) is 5.10 Å². The Hall–Kier alpha value is -2.11. The zero-order valence-electron chi connectivity index (χ0n) is 16.3. The molecule has 3 aliphatic rings. The molecule has 4 rings (SSSR count). The van der Waals surface area contributed by atoms with Crippen LogP contribution >= 0.6 is 0 Å². The summed E-state index contributed by atoms with van der Waals surface area (Å²) in [6.45, 7) is 5.63. The van der Waals surface area contributed by atoms with Crippen LogP contribution in [0.4, 0.5) is 5.82 Å². The number of hydrogen-bond acceptors (Lipinski definition) is 3. The number of carbonyl (C=O) groups is 2. The number of nitrogens with one attached hydrogen (secondary N) is 1. The van der Waals surface area contributed by atoms with Gasteiger partial charge < -0.3 is 10.2 Å². The lowest BCUT2D eigenvalue weighted by Gasteiger charge is -2.35. The first-order chi connectivity index (χ1) is 13.0. The fourth-order valence-electron chi connectivity index (χ4n) is 4.90. The van der Waals surface area contributed by atoms with Crippen molar-refractivity contribution in [2.45, 2.75) is 52.0 Å². The largest absolute Gasteiger partial charge is 0.342 e. The molecule has 1 aliphatic heterocycles. The van der Waals surface area contributed by atoms with Crippen LogP contribution in [0.1, 0.15) is 52.0 Å². The molecule has 1 saturated carbocycles. The maximum absolute atomic E-state index is 12.9. The minimum atomic E-state index is 0.0312. The Labute approximate surface area is 161 Å². The van der Waals surface area contributed by atoms with Gasteiger partial charge >= 0.3 is 0 Å². The van der Waals surface area contributed by atoms with E-state index in [1.807, 2.05) is 24.6 Å². The highest BCUT2D eigenvalue weighted by Gasteiger charge is 2.42. The molecule has 1 aromatic heterocycles. The van der Waals surface area contributed by atoms with Gasteiger partial charge in [0.15, 0.2) is 0 Å². The average molecular weight is 370 g/mol. The Morgan fingerprint density at radius 1 is 1.22 bits per heavy atom. The summed E-state index contributed by atoms with van der Waals surface area (Å²) >= 11 is 0. The first-order valence-electron chi connectivity index (χ1n) is 10.3. The van der Waals surface area contributed by atoms with E-state index in [4.69, 9.17) is 0 Å². The quantitative estimate of drug-likeness (QED) is 0.809. The SMILES string of the molecule is CC(C)CC(=O)Nc1ccnn1C1CCN(C(=O)[C@@H]2C[C@@H]3C=C[C@H]2C3)CC1. The van der Waals surface area contributed by atoms with Gasteiger partial charge in [0, 0.05) is 31.5 Å². The second-order valence-corrected chi connectivity index (χ2v) is 8.75. The number of rotatable bonds is 5. The molecule has 3 atom stereocenters. The number of carbonyl (C=O) groups excluding carboxylic acids is 2. The van der Waals surface area contributed by atoms with Crippen molar-refractivity contribution >= 4 is 17.6 Å². The zero-order chi connectivity index (χ0) is 19.0. The van der Waals surface area contributed by atoms with Gasteiger partial charge in [-0.15, -0.1) is 0 Å². The highest BCUT2D eigenvalue weighted by atomic mass is 16.2. The van der Waals surface area contributed by atoms with E-state index in [1.54, 1.807) is 6.20 Å². The third kappa shape index (κ3) is 3.80. The monoisotopic (exact) mass is 370 g/mol. The van der Waals surface area contributed by atoms with Gasteiger partial charge in [0.25, 0.3) is 0 Å². The molecule has 6 heteroatoms. The number of fused-ring (bicyclic) bond motifs is 2. The van der Waals surface area contributed by atoms with E-state index in [1.165, 1.54) is 6.42 Å². The molecule has 2 bridgehead atoms. The van der Waals surface area contributed by atoms with E-state index in [0.717, 1.165) is 38.2 Å². The predicted octanol–water partition coefficient (Wildman–Crippen LogP) is 3.24. The van der Waals surface area contributed by atoms with Crippen molar-refractivity contribution in [1.82, 2.24) is 14.7 Å². The highest BCUT2D eigenvalue weighted by Crippen LogP contribution is 2.44. The van der Waals surface area contributed by atoms with Crippen LogP contribution in [0.3, 0.4) is 0 Å². The van der Waals surface area contributed by atoms with Crippen LogP contribution in [0, 0.1) is 23.7 Å². The highest BCUT2D eigenvalue weighted by molar-refractivity contribution is 5.89. The van der Waals surface area contributed by atoms with E-state index >= 15 is 0 Å². The number of aromatic nitrogens is 2. The summed E-state index contributed by atoms with van der Waals surface area (Å²) in [4.78, 5) is 27.1. The molecule has 0 aromatic carbocycles. The van der Waals surface area contributed by atoms with E-state index in [2.05, 4.69) is 27.5 Å². The van der Waals surface area contributed by atoms with Crippen molar-refractivity contribution in [3.05, 3.63) is 24.4 Å². The minimum absolute atomic E-state index is 0.0312. The molecule has 1 N–H and O–H groups in total. The summed E-state index contributed by atoms with van der Waals surface area (Å²) in [7, 11) is 0. The van der Waals surface area contributed by atoms with E-state index in [-0.39, 0.29) is 17.9 Å². The Bertz CT molecular complexity index is 730. The maximum Gasteiger partial charge on any atom is 0.226 e. The summed E-state index contributed by atoms with van der Waals surface area (Å²) in [5.41, 5.74) is 0. The summed E-state index contributed by atoms with van der Waals surface area (Å²) in [6, 6.07) is 2.09. The third-order valence-electron chi connectivity index (χ3n) is 6.25. The Balaban J connectivity index is 1.33. The second-order valence-electron chi connectivity index (χ2n) is 8.75. The standard InChI is InChI=1S/C21H30N4O2/c1-14(2)11-20(26)23-19-5-8-22-25(19)17-6-9-24(10-7-17)21(27)18-13-15-3-4-16(18)12-15/h3-5,8,14-18H,6-7,9-13H2,1-2H3,(H,23,26)/t15-,16+,18-/m1/s1. The fraction of sp³-hybridized carbons (Fsp3) is 0.667. The number of likely N-dealkylation sites (tertiary alicyclic amines) is 1. The summed E-state index contributed by atoms with van der Waals surface area (Å²) < 4.78 is 1.93. The van der Waals surface area contributed by atoms with Crippen LogP contribution in [0.5, 0.6) is 0 Å². The van der Waals surface area contributed by atoms with Crippen molar-refractivity contribution in [2.75, 3.05) is 18.4 Å². The summed E-state index contributed by atoms with van der Waals surface area (Å²) in [5, 5.41) is 7.43. The molecule has 0 unspecified atom stereocenters. The lowest BCUT2D eigenvalue weighted by atomic mass is 9.91. The van der Waals surface area contributed by atoms with Gasteiger partial charge in [-0.1, -0.05) is 26.0 Å². The zero-order valence-corrected chi connectivity index (χ0v) is 16.3. The number of piperidine rings is 1. The normalized spacial score (nSPS) is 27.5. The molecule has 2 heterocycles. The van der Waals surface area contributed by atoms with Gasteiger partial charge in [-0.25, -0.2) is 4.68 Å². The number of amides is 2. The first kappa shape index (κ1) is 18.3. The molecular weight excluding hydrogens is 340 g/mol. The molecule has 6 nitrogen and oxygen atoms in total. The topological polar surface area (TPSA) is 67.2 Å². The first-order valence-corrected chi connectivity index (χ1v) is 10.3. The summed E-state index contributed by atoms with van der Waals surface area (Å²) in [6.07, 6.45) is 10.8. The fourth-order valence-corrected chi connectivity index (χ4v) is 4.90. The number of hydrogen-bond donors (Lipinski definition) is 1. The molecule has 2 fully saturated rings. The number of nitrogens with zero attached hydrogens (tertiary/aromatic N) is 3. The number of allylic oxidation sites excluding steroid dienone is 2. The average Bonchev–Trinajstić information content (AvgIpc) is 3.37. The Morgan fingerprint density at radius 2 is 2.00 bits per heavy atom. The van der Waals surface area contributed by atoms with Crippen molar-refractivity contribution < 1.29 is 9.59 Å². The van der Waals surface area contributed by atoms with Gasteiger partial charge in [0.2, 0.25) is 11.8 Å². The van der Waals surface area contributed by atoms with Gasteiger partial charge in [-0.05, 0) is 43.4 Å². The third-order valence-corrected chi connectivity index (χ3v) is 6.25. The van der Waals surface area contributed by atoms with E-state index in [9.17, 15) is 9.59 Å². The van der Waals surface area contributed by atoms with Gasteiger partial charge in [0.05, 0.1) is 12.2 Å². The van der Waals surface area contributed by atoms with Crippen LogP contribution in [-0.2, 0) is 9.59 Å². The van der Waals surface area contributed by atoms with Crippen LogP contribution in [-0.4, -0.2) is 39.6 Å². The minimum Gasteiger partial charge on any atom is -0.342 e. The van der Waals surface area contributed by atoms with E-state index in [0.29, 0.717) is 30.1 Å². The molecule has 2 aliphatic carbocycles. The lowest BCUT2D eigenvalue weighted by molar-refractivity contribution is -0.137.